The van der Waals surface area contributed by atoms with Crippen LogP contribution in [0.1, 0.15) is 79.2 Å². The number of esters is 1. The summed E-state index contributed by atoms with van der Waals surface area (Å²) in [6.07, 6.45) is 7.82. The van der Waals surface area contributed by atoms with Crippen LogP contribution in [0.5, 0.6) is 5.75 Å². The number of hydrogen-bond donors (Lipinski definition) is 2. The SMILES string of the molecule is CC=C(C)C(=O)OC(C)(C)C1(CC2=C(CC(=O)N3CCC3CCC(C)C)CNC(N)=C2)Cc2cc3ccc(=O)oc3cc2O1. The largest absolute Gasteiger partial charge is 0.482 e. The van der Waals surface area contributed by atoms with Crippen LogP contribution in [0.15, 0.2) is 68.2 Å². The van der Waals surface area contributed by atoms with Gasteiger partial charge >= 0.3 is 11.6 Å². The first-order chi connectivity index (χ1) is 20.8. The van der Waals surface area contributed by atoms with E-state index in [9.17, 15) is 14.4 Å². The number of rotatable bonds is 10. The van der Waals surface area contributed by atoms with Gasteiger partial charge in [0.15, 0.2) is 5.60 Å². The Labute approximate surface area is 259 Å². The Morgan fingerprint density at radius 1 is 1.27 bits per heavy atom. The van der Waals surface area contributed by atoms with Crippen LogP contribution in [0.25, 0.3) is 11.0 Å². The zero-order valence-electron chi connectivity index (χ0n) is 26.7. The first-order valence-corrected chi connectivity index (χ1v) is 15.6. The number of amides is 1. The fourth-order valence-corrected chi connectivity index (χ4v) is 6.30. The van der Waals surface area contributed by atoms with Gasteiger partial charge in [0.1, 0.15) is 16.9 Å². The lowest BCUT2D eigenvalue weighted by molar-refractivity contribution is -0.174. The van der Waals surface area contributed by atoms with Crippen molar-refractivity contribution in [1.82, 2.24) is 10.2 Å². The average Bonchev–Trinajstić information content (AvgIpc) is 3.30. The summed E-state index contributed by atoms with van der Waals surface area (Å²) in [4.78, 5) is 40.6. The summed E-state index contributed by atoms with van der Waals surface area (Å²) in [6.45, 7) is 12.9. The number of nitrogens with two attached hydrogens (primary N) is 1. The molecule has 9 nitrogen and oxygen atoms in total. The molecule has 0 bridgehead atoms. The molecular formula is C35H45N3O6. The molecule has 0 aliphatic carbocycles. The fourth-order valence-electron chi connectivity index (χ4n) is 6.30. The van der Waals surface area contributed by atoms with E-state index in [0.29, 0.717) is 54.1 Å². The molecule has 0 saturated carbocycles. The summed E-state index contributed by atoms with van der Waals surface area (Å²) in [5.41, 5.74) is 7.37. The molecule has 1 amide bonds. The highest BCUT2D eigenvalue weighted by atomic mass is 16.6. The van der Waals surface area contributed by atoms with Crippen molar-refractivity contribution >= 4 is 22.8 Å². The maximum atomic E-state index is 13.6. The molecule has 4 heterocycles. The van der Waals surface area contributed by atoms with Crippen LogP contribution < -0.4 is 21.4 Å². The fraction of sp³-hybridized carbons (Fsp3) is 0.514. The molecule has 9 heteroatoms. The van der Waals surface area contributed by atoms with E-state index in [1.165, 1.54) is 6.07 Å². The molecule has 2 unspecified atom stereocenters. The number of hydrogen-bond acceptors (Lipinski definition) is 8. The molecule has 3 aliphatic heterocycles. The van der Waals surface area contributed by atoms with E-state index >= 15 is 0 Å². The zero-order chi connectivity index (χ0) is 31.8. The van der Waals surface area contributed by atoms with E-state index in [0.717, 1.165) is 47.9 Å². The molecule has 3 N–H and O–H groups in total. The number of likely N-dealkylation sites (tertiary alicyclic amines) is 1. The number of ether oxygens (including phenoxy) is 2. The smallest absolute Gasteiger partial charge is 0.336 e. The second-order valence-corrected chi connectivity index (χ2v) is 13.3. The predicted molar refractivity (Wildman–Crippen MR) is 170 cm³/mol. The monoisotopic (exact) mass is 603 g/mol. The van der Waals surface area contributed by atoms with Crippen molar-refractivity contribution in [3.05, 3.63) is 74.9 Å². The average molecular weight is 604 g/mol. The van der Waals surface area contributed by atoms with Crippen molar-refractivity contribution in [2.75, 3.05) is 13.1 Å². The van der Waals surface area contributed by atoms with Crippen LogP contribution in [0.2, 0.25) is 0 Å². The maximum absolute atomic E-state index is 13.6. The molecule has 3 aliphatic rings. The van der Waals surface area contributed by atoms with Crippen molar-refractivity contribution in [3.63, 3.8) is 0 Å². The lowest BCUT2D eigenvalue weighted by atomic mass is 9.75. The van der Waals surface area contributed by atoms with Gasteiger partial charge in [-0.15, -0.1) is 0 Å². The zero-order valence-corrected chi connectivity index (χ0v) is 26.7. The van der Waals surface area contributed by atoms with E-state index in [-0.39, 0.29) is 12.3 Å². The van der Waals surface area contributed by atoms with Crippen LogP contribution in [-0.4, -0.2) is 47.1 Å². The molecule has 1 fully saturated rings. The molecule has 1 saturated heterocycles. The number of carbonyl (C=O) groups is 2. The van der Waals surface area contributed by atoms with Gasteiger partial charge in [-0.3, -0.25) is 4.79 Å². The Kier molecular flexibility index (Phi) is 8.69. The highest BCUT2D eigenvalue weighted by molar-refractivity contribution is 5.88. The van der Waals surface area contributed by atoms with Gasteiger partial charge in [0.25, 0.3) is 0 Å². The van der Waals surface area contributed by atoms with Crippen LogP contribution in [-0.2, 0) is 20.7 Å². The third kappa shape index (κ3) is 6.28. The van der Waals surface area contributed by atoms with Crippen LogP contribution in [0.4, 0.5) is 0 Å². The Bertz CT molecular complexity index is 1610. The van der Waals surface area contributed by atoms with Crippen molar-refractivity contribution in [1.29, 1.82) is 0 Å². The Morgan fingerprint density at radius 2 is 2.05 bits per heavy atom. The van der Waals surface area contributed by atoms with Crippen LogP contribution >= 0.6 is 0 Å². The first kappa shape index (κ1) is 31.4. The number of carbonyl (C=O) groups excluding carboxylic acids is 2. The third-order valence-electron chi connectivity index (χ3n) is 9.46. The minimum absolute atomic E-state index is 0.119. The maximum Gasteiger partial charge on any atom is 0.336 e. The topological polar surface area (TPSA) is 124 Å². The van der Waals surface area contributed by atoms with Gasteiger partial charge in [-0.2, -0.15) is 0 Å². The minimum Gasteiger partial charge on any atom is -0.482 e. The summed E-state index contributed by atoms with van der Waals surface area (Å²) in [7, 11) is 0. The van der Waals surface area contributed by atoms with Crippen LogP contribution in [0.3, 0.4) is 0 Å². The molecule has 1 aromatic heterocycles. The van der Waals surface area contributed by atoms with Gasteiger partial charge in [-0.05, 0) is 87.8 Å². The van der Waals surface area contributed by atoms with Gasteiger partial charge in [-0.1, -0.05) is 19.9 Å². The van der Waals surface area contributed by atoms with E-state index in [1.54, 1.807) is 32.1 Å². The summed E-state index contributed by atoms with van der Waals surface area (Å²) >= 11 is 0. The number of allylic oxidation sites excluding steroid dienone is 2. The molecule has 2 atom stereocenters. The van der Waals surface area contributed by atoms with E-state index < -0.39 is 22.8 Å². The second-order valence-electron chi connectivity index (χ2n) is 13.3. The van der Waals surface area contributed by atoms with Crippen molar-refractivity contribution in [2.45, 2.75) is 97.3 Å². The number of fused-ring (bicyclic) bond motifs is 2. The first-order valence-electron chi connectivity index (χ1n) is 15.6. The summed E-state index contributed by atoms with van der Waals surface area (Å²) in [5, 5.41) is 3.98. The van der Waals surface area contributed by atoms with Crippen LogP contribution in [0, 0.1) is 5.92 Å². The highest BCUT2D eigenvalue weighted by Crippen LogP contribution is 2.48. The summed E-state index contributed by atoms with van der Waals surface area (Å²) < 4.78 is 18.4. The number of benzene rings is 1. The predicted octanol–water partition coefficient (Wildman–Crippen LogP) is 5.27. The van der Waals surface area contributed by atoms with E-state index in [4.69, 9.17) is 19.6 Å². The Balaban J connectivity index is 1.50. The van der Waals surface area contributed by atoms with E-state index in [1.807, 2.05) is 30.9 Å². The second kappa shape index (κ2) is 12.2. The quantitative estimate of drug-likeness (QED) is 0.214. The Hall–Kier alpha value is -4.01. The number of nitrogens with zero attached hydrogens (tertiary/aromatic N) is 1. The lowest BCUT2D eigenvalue weighted by Crippen LogP contribution is -2.57. The summed E-state index contributed by atoms with van der Waals surface area (Å²) in [6, 6.07) is 7.11. The van der Waals surface area contributed by atoms with E-state index in [2.05, 4.69) is 19.2 Å². The molecule has 236 valence electrons. The van der Waals surface area contributed by atoms with Crippen molar-refractivity contribution in [2.24, 2.45) is 11.7 Å². The molecule has 5 rings (SSSR count). The number of dihydropyridines is 1. The van der Waals surface area contributed by atoms with Gasteiger partial charge in [0.2, 0.25) is 5.91 Å². The lowest BCUT2D eigenvalue weighted by Gasteiger charge is -2.44. The molecule has 1 aromatic carbocycles. The van der Waals surface area contributed by atoms with Crippen molar-refractivity contribution < 1.29 is 23.5 Å². The van der Waals surface area contributed by atoms with Crippen molar-refractivity contribution in [3.8, 4) is 5.75 Å². The normalized spacial score (nSPS) is 21.9. The summed E-state index contributed by atoms with van der Waals surface area (Å²) in [5.74, 6) is 1.37. The molecule has 44 heavy (non-hydrogen) atoms. The molecule has 0 spiro atoms. The Morgan fingerprint density at radius 3 is 2.73 bits per heavy atom. The standard InChI is InChI=1S/C35H45N3O6/c1-7-22(4)33(41)44-34(5,6)35(19-25-14-23-9-11-32(40)42-28(23)17-29(25)43-35)18-24-15-30(36)37-20-26(24)16-31(39)38-13-12-27(38)10-8-21(2)3/h7,9,11,14-15,17,21,27,37H,8,10,12-13,16,18-20,36H2,1-6H3. The third-order valence-corrected chi connectivity index (χ3v) is 9.46. The van der Waals surface area contributed by atoms with Gasteiger partial charge in [-0.25, -0.2) is 9.59 Å². The van der Waals surface area contributed by atoms with Gasteiger partial charge in [0.05, 0.1) is 12.2 Å². The minimum atomic E-state index is -1.10. The molecule has 0 radical (unpaired) electrons. The van der Waals surface area contributed by atoms with Gasteiger partial charge < -0.3 is 29.8 Å². The van der Waals surface area contributed by atoms with Gasteiger partial charge in [0, 0.05) is 55.1 Å². The number of nitrogens with one attached hydrogen (secondary N) is 1. The molecular weight excluding hydrogens is 558 g/mol. The highest BCUT2D eigenvalue weighted by Gasteiger charge is 2.54. The molecule has 2 aromatic rings.